The summed E-state index contributed by atoms with van der Waals surface area (Å²) in [6, 6.07) is 8.58. The molecule has 0 spiro atoms. The maximum atomic E-state index is 9.42. The van der Waals surface area contributed by atoms with Crippen molar-refractivity contribution in [2.75, 3.05) is 25.2 Å². The Kier molecular flexibility index (Phi) is 4.25. The minimum Gasteiger partial charge on any atom is -0.497 e. The summed E-state index contributed by atoms with van der Waals surface area (Å²) in [6.45, 7) is 0.799. The van der Waals surface area contributed by atoms with Crippen LogP contribution in [0.25, 0.3) is 10.8 Å². The summed E-state index contributed by atoms with van der Waals surface area (Å²) in [6.07, 6.45) is 6.76. The van der Waals surface area contributed by atoms with Gasteiger partial charge < -0.3 is 14.7 Å². The average molecular weight is 286 g/mol. The van der Waals surface area contributed by atoms with E-state index in [1.165, 1.54) is 25.7 Å². The van der Waals surface area contributed by atoms with E-state index in [2.05, 4.69) is 16.0 Å². The Balaban J connectivity index is 2.04. The second kappa shape index (κ2) is 6.31. The van der Waals surface area contributed by atoms with Crippen LogP contribution in [0, 0.1) is 0 Å². The van der Waals surface area contributed by atoms with Gasteiger partial charge in [0.1, 0.15) is 11.6 Å². The molecular formula is C17H22N2O2. The number of rotatable bonds is 5. The largest absolute Gasteiger partial charge is 0.497 e. The number of benzene rings is 1. The smallest absolute Gasteiger partial charge is 0.136 e. The quantitative estimate of drug-likeness (QED) is 0.918. The molecule has 1 N–H and O–H groups in total. The summed E-state index contributed by atoms with van der Waals surface area (Å²) in [5.41, 5.74) is 0. The monoisotopic (exact) mass is 286 g/mol. The van der Waals surface area contributed by atoms with Crippen LogP contribution in [-0.2, 0) is 0 Å². The van der Waals surface area contributed by atoms with Crippen molar-refractivity contribution < 1.29 is 9.84 Å². The highest BCUT2D eigenvalue weighted by Gasteiger charge is 2.24. The summed E-state index contributed by atoms with van der Waals surface area (Å²) in [7, 11) is 1.68. The number of nitrogens with zero attached hydrogens (tertiary/aromatic N) is 2. The van der Waals surface area contributed by atoms with Crippen molar-refractivity contribution in [3.05, 3.63) is 30.5 Å². The number of aromatic nitrogens is 1. The average Bonchev–Trinajstić information content (AvgIpc) is 3.05. The van der Waals surface area contributed by atoms with Crippen LogP contribution in [0.1, 0.15) is 25.7 Å². The van der Waals surface area contributed by atoms with Crippen LogP contribution in [-0.4, -0.2) is 36.4 Å². The lowest BCUT2D eigenvalue weighted by Gasteiger charge is -2.30. The number of methoxy groups -OCH3 is 1. The second-order valence-electron chi connectivity index (χ2n) is 5.58. The topological polar surface area (TPSA) is 45.6 Å². The van der Waals surface area contributed by atoms with E-state index in [9.17, 15) is 5.11 Å². The molecule has 21 heavy (non-hydrogen) atoms. The molecule has 0 bridgehead atoms. The Morgan fingerprint density at radius 1 is 1.29 bits per heavy atom. The fourth-order valence-electron chi connectivity index (χ4n) is 3.28. The highest BCUT2D eigenvalue weighted by Crippen LogP contribution is 2.32. The number of aliphatic hydroxyl groups excluding tert-OH is 1. The van der Waals surface area contributed by atoms with Gasteiger partial charge in [-0.3, -0.25) is 0 Å². The number of hydrogen-bond acceptors (Lipinski definition) is 4. The molecule has 112 valence electrons. The molecular weight excluding hydrogens is 264 g/mol. The van der Waals surface area contributed by atoms with Crippen molar-refractivity contribution in [1.29, 1.82) is 0 Å². The van der Waals surface area contributed by atoms with Crippen LogP contribution >= 0.6 is 0 Å². The van der Waals surface area contributed by atoms with E-state index < -0.39 is 0 Å². The van der Waals surface area contributed by atoms with Gasteiger partial charge in [-0.2, -0.15) is 0 Å². The highest BCUT2D eigenvalue weighted by atomic mass is 16.5. The van der Waals surface area contributed by atoms with Crippen molar-refractivity contribution in [2.24, 2.45) is 0 Å². The molecule has 0 saturated heterocycles. The molecule has 1 heterocycles. The zero-order chi connectivity index (χ0) is 14.7. The van der Waals surface area contributed by atoms with Gasteiger partial charge in [0.15, 0.2) is 0 Å². The third kappa shape index (κ3) is 2.81. The maximum Gasteiger partial charge on any atom is 0.136 e. The summed E-state index contributed by atoms with van der Waals surface area (Å²) in [5.74, 6) is 1.84. The van der Waals surface area contributed by atoms with Crippen molar-refractivity contribution in [2.45, 2.75) is 31.7 Å². The lowest BCUT2D eigenvalue weighted by Crippen LogP contribution is -2.36. The van der Waals surface area contributed by atoms with Gasteiger partial charge >= 0.3 is 0 Å². The fraction of sp³-hybridized carbons (Fsp3) is 0.471. The number of anilines is 1. The van der Waals surface area contributed by atoms with Gasteiger partial charge in [-0.1, -0.05) is 12.8 Å². The molecule has 1 aliphatic rings. The van der Waals surface area contributed by atoms with Crippen LogP contribution in [0.5, 0.6) is 5.75 Å². The molecule has 0 amide bonds. The molecule has 4 heteroatoms. The van der Waals surface area contributed by atoms with Gasteiger partial charge in [-0.15, -0.1) is 0 Å². The molecule has 4 nitrogen and oxygen atoms in total. The minimum atomic E-state index is 0.157. The fourth-order valence-corrected chi connectivity index (χ4v) is 3.28. The molecule has 1 aromatic carbocycles. The zero-order valence-electron chi connectivity index (χ0n) is 12.5. The van der Waals surface area contributed by atoms with Gasteiger partial charge in [0, 0.05) is 24.2 Å². The van der Waals surface area contributed by atoms with E-state index in [-0.39, 0.29) is 6.61 Å². The van der Waals surface area contributed by atoms with Gasteiger partial charge in [-0.25, -0.2) is 4.98 Å². The Labute approximate surface area is 125 Å². The van der Waals surface area contributed by atoms with E-state index >= 15 is 0 Å². The standard InChI is InChI=1S/C17H22N2O2/c1-21-15-6-7-16-13(12-15)8-9-18-17(16)19(10-11-20)14-4-2-3-5-14/h6-9,12,14,20H,2-5,10-11H2,1H3. The van der Waals surface area contributed by atoms with Crippen LogP contribution in [0.2, 0.25) is 0 Å². The first kappa shape index (κ1) is 14.1. The molecule has 1 saturated carbocycles. The molecule has 1 aliphatic carbocycles. The first-order chi connectivity index (χ1) is 10.3. The van der Waals surface area contributed by atoms with E-state index in [4.69, 9.17) is 4.74 Å². The summed E-state index contributed by atoms with van der Waals surface area (Å²) in [4.78, 5) is 6.88. The van der Waals surface area contributed by atoms with Crippen LogP contribution < -0.4 is 9.64 Å². The van der Waals surface area contributed by atoms with E-state index in [1.54, 1.807) is 7.11 Å². The molecule has 3 rings (SSSR count). The number of aliphatic hydroxyl groups is 1. The molecule has 0 atom stereocenters. The first-order valence-corrected chi connectivity index (χ1v) is 7.63. The number of ether oxygens (including phenoxy) is 1. The van der Waals surface area contributed by atoms with E-state index in [0.29, 0.717) is 12.6 Å². The maximum absolute atomic E-state index is 9.42. The summed E-state index contributed by atoms with van der Waals surface area (Å²) in [5, 5.41) is 11.7. The molecule has 1 aromatic heterocycles. The molecule has 0 aliphatic heterocycles. The molecule has 0 radical (unpaired) electrons. The predicted molar refractivity (Wildman–Crippen MR) is 85.0 cm³/mol. The van der Waals surface area contributed by atoms with Gasteiger partial charge in [0.25, 0.3) is 0 Å². The second-order valence-corrected chi connectivity index (χ2v) is 5.58. The molecule has 1 fully saturated rings. The van der Waals surface area contributed by atoms with Gasteiger partial charge in [0.05, 0.1) is 13.7 Å². The Morgan fingerprint density at radius 3 is 2.81 bits per heavy atom. The summed E-state index contributed by atoms with van der Waals surface area (Å²) < 4.78 is 5.30. The van der Waals surface area contributed by atoms with Crippen molar-refractivity contribution in [1.82, 2.24) is 4.98 Å². The lowest BCUT2D eigenvalue weighted by atomic mass is 10.1. The Bertz CT molecular complexity index is 609. The Morgan fingerprint density at radius 2 is 2.10 bits per heavy atom. The van der Waals surface area contributed by atoms with Crippen LogP contribution in [0.15, 0.2) is 30.5 Å². The van der Waals surface area contributed by atoms with Gasteiger partial charge in [-0.05, 0) is 42.5 Å². The Hall–Kier alpha value is -1.81. The summed E-state index contributed by atoms with van der Waals surface area (Å²) >= 11 is 0. The van der Waals surface area contributed by atoms with Crippen molar-refractivity contribution in [3.8, 4) is 5.75 Å². The third-order valence-electron chi connectivity index (χ3n) is 4.33. The highest BCUT2D eigenvalue weighted by molar-refractivity contribution is 5.93. The number of fused-ring (bicyclic) bond motifs is 1. The minimum absolute atomic E-state index is 0.157. The lowest BCUT2D eigenvalue weighted by molar-refractivity contribution is 0.297. The molecule has 0 unspecified atom stereocenters. The zero-order valence-corrected chi connectivity index (χ0v) is 12.5. The number of hydrogen-bond donors (Lipinski definition) is 1. The van der Waals surface area contributed by atoms with E-state index in [1.807, 2.05) is 24.4 Å². The SMILES string of the molecule is COc1ccc2c(N(CCO)C3CCCC3)nccc2c1. The van der Waals surface area contributed by atoms with Gasteiger partial charge in [0.2, 0.25) is 0 Å². The van der Waals surface area contributed by atoms with E-state index in [0.717, 1.165) is 22.3 Å². The third-order valence-corrected chi connectivity index (χ3v) is 4.33. The van der Waals surface area contributed by atoms with Crippen molar-refractivity contribution in [3.63, 3.8) is 0 Å². The molecule has 2 aromatic rings. The van der Waals surface area contributed by atoms with Crippen molar-refractivity contribution >= 4 is 16.6 Å². The van der Waals surface area contributed by atoms with Crippen LogP contribution in [0.3, 0.4) is 0 Å². The predicted octanol–water partition coefficient (Wildman–Crippen LogP) is 2.98. The van der Waals surface area contributed by atoms with Crippen LogP contribution in [0.4, 0.5) is 5.82 Å². The number of pyridine rings is 1. The normalized spacial score (nSPS) is 15.5. The first-order valence-electron chi connectivity index (χ1n) is 7.63.